The van der Waals surface area contributed by atoms with Crippen LogP contribution in [0.1, 0.15) is 42.1 Å². The normalized spacial score (nSPS) is 14.9. The largest absolute Gasteiger partial charge is 0.492 e. The molecule has 0 bridgehead atoms. The van der Waals surface area contributed by atoms with Gasteiger partial charge in [0.2, 0.25) is 0 Å². The monoisotopic (exact) mass is 408 g/mol. The highest BCUT2D eigenvalue weighted by molar-refractivity contribution is 6.45. The average molecular weight is 409 g/mol. The van der Waals surface area contributed by atoms with E-state index in [0.29, 0.717) is 37.2 Å². The van der Waals surface area contributed by atoms with Gasteiger partial charge in [0.05, 0.1) is 11.6 Å². The van der Waals surface area contributed by atoms with Crippen molar-refractivity contribution in [1.82, 2.24) is 0 Å². The number of unbranched alkanes of at least 4 members (excludes halogenated alkanes) is 1. The second-order valence-corrected chi connectivity index (χ2v) is 7.12. The number of benzene rings is 2. The van der Waals surface area contributed by atoms with Crippen LogP contribution in [0.4, 0.5) is 0 Å². The number of halogens is 2. The number of rotatable bonds is 6. The third-order valence-corrected chi connectivity index (χ3v) is 5.03. The lowest BCUT2D eigenvalue weighted by Gasteiger charge is -2.11. The fraction of sp³-hybridized carbons (Fsp3) is 0.333. The maximum Gasteiger partial charge on any atom is 0.303 e. The SMILES string of the molecule is CC1Cc2cc(OCCCCC(=O)O)c(Cl)c(Cl)c2C1=O.c1ccccc1. The van der Waals surface area contributed by atoms with E-state index < -0.39 is 5.97 Å². The number of aliphatic carboxylic acids is 1. The number of carbonyl (C=O) groups excluding carboxylic acids is 1. The highest BCUT2D eigenvalue weighted by atomic mass is 35.5. The minimum atomic E-state index is -0.818. The molecule has 0 aliphatic heterocycles. The summed E-state index contributed by atoms with van der Waals surface area (Å²) in [6, 6.07) is 13.8. The minimum Gasteiger partial charge on any atom is -0.492 e. The molecule has 6 heteroatoms. The molecule has 0 saturated carbocycles. The molecule has 4 nitrogen and oxygen atoms in total. The number of ketones is 1. The van der Waals surface area contributed by atoms with Gasteiger partial charge in [-0.1, -0.05) is 66.5 Å². The van der Waals surface area contributed by atoms with Crippen LogP contribution in [0.3, 0.4) is 0 Å². The van der Waals surface area contributed by atoms with E-state index in [-0.39, 0.29) is 28.2 Å². The van der Waals surface area contributed by atoms with Gasteiger partial charge in [0.1, 0.15) is 10.8 Å². The van der Waals surface area contributed by atoms with Crippen LogP contribution in [0.5, 0.6) is 5.75 Å². The van der Waals surface area contributed by atoms with E-state index in [1.807, 2.05) is 43.3 Å². The van der Waals surface area contributed by atoms with Gasteiger partial charge in [-0.2, -0.15) is 0 Å². The number of ether oxygens (including phenoxy) is 1. The Hall–Kier alpha value is -2.04. The van der Waals surface area contributed by atoms with Crippen molar-refractivity contribution >= 4 is 35.0 Å². The molecule has 144 valence electrons. The number of fused-ring (bicyclic) bond motifs is 1. The molecule has 3 rings (SSSR count). The van der Waals surface area contributed by atoms with Gasteiger partial charge in [0, 0.05) is 17.9 Å². The quantitative estimate of drug-likeness (QED) is 0.623. The maximum atomic E-state index is 12.0. The summed E-state index contributed by atoms with van der Waals surface area (Å²) in [6.07, 6.45) is 1.92. The van der Waals surface area contributed by atoms with Crippen molar-refractivity contribution in [2.75, 3.05) is 6.61 Å². The Balaban J connectivity index is 0.000000369. The molecule has 0 saturated heterocycles. The second kappa shape index (κ2) is 10.3. The van der Waals surface area contributed by atoms with E-state index in [2.05, 4.69) is 0 Å². The summed E-state index contributed by atoms with van der Waals surface area (Å²) in [5.74, 6) is -0.428. The summed E-state index contributed by atoms with van der Waals surface area (Å²) in [6.45, 7) is 2.23. The van der Waals surface area contributed by atoms with Crippen molar-refractivity contribution in [3.8, 4) is 5.75 Å². The molecule has 0 amide bonds. The first-order valence-corrected chi connectivity index (χ1v) is 9.57. The smallest absolute Gasteiger partial charge is 0.303 e. The Morgan fingerprint density at radius 3 is 2.26 bits per heavy atom. The third-order valence-electron chi connectivity index (χ3n) is 4.18. The molecule has 1 atom stereocenters. The van der Waals surface area contributed by atoms with Crippen LogP contribution in [0, 0.1) is 5.92 Å². The molecule has 0 spiro atoms. The molecular formula is C21H22Cl2O4. The number of carboxylic acids is 1. The summed E-state index contributed by atoms with van der Waals surface area (Å²) in [7, 11) is 0. The van der Waals surface area contributed by atoms with E-state index in [1.165, 1.54) is 0 Å². The standard InChI is InChI=1S/C15H16Cl2O4.C6H6/c1-8-6-9-7-10(21-5-3-2-4-11(18)19)13(16)14(17)12(9)15(8)20;1-2-4-6-5-3-1/h7-8H,2-6H2,1H3,(H,18,19);1-6H. The molecule has 0 radical (unpaired) electrons. The summed E-state index contributed by atoms with van der Waals surface area (Å²) >= 11 is 12.3. The van der Waals surface area contributed by atoms with Crippen molar-refractivity contribution < 1.29 is 19.4 Å². The fourth-order valence-corrected chi connectivity index (χ4v) is 3.31. The Bertz CT molecular complexity index is 764. The number of carbonyl (C=O) groups is 2. The zero-order valence-corrected chi connectivity index (χ0v) is 16.6. The lowest BCUT2D eigenvalue weighted by molar-refractivity contribution is -0.137. The molecule has 0 aromatic heterocycles. The van der Waals surface area contributed by atoms with Crippen LogP contribution in [0.25, 0.3) is 0 Å². The molecule has 27 heavy (non-hydrogen) atoms. The van der Waals surface area contributed by atoms with E-state index in [1.54, 1.807) is 6.07 Å². The number of carboxylic acid groups (broad SMARTS) is 1. The molecule has 1 unspecified atom stereocenters. The predicted molar refractivity (Wildman–Crippen MR) is 107 cm³/mol. The summed E-state index contributed by atoms with van der Waals surface area (Å²) < 4.78 is 5.57. The van der Waals surface area contributed by atoms with Crippen LogP contribution >= 0.6 is 23.2 Å². The van der Waals surface area contributed by atoms with Gasteiger partial charge in [-0.15, -0.1) is 0 Å². The first-order valence-electron chi connectivity index (χ1n) is 8.81. The number of Topliss-reactive ketones (excluding diaryl/α,β-unsaturated/α-hetero) is 1. The van der Waals surface area contributed by atoms with Crippen LogP contribution < -0.4 is 4.74 Å². The molecule has 1 aliphatic rings. The van der Waals surface area contributed by atoms with E-state index >= 15 is 0 Å². The second-order valence-electron chi connectivity index (χ2n) is 6.36. The topological polar surface area (TPSA) is 63.6 Å². The third kappa shape index (κ3) is 5.98. The first kappa shape index (κ1) is 21.3. The van der Waals surface area contributed by atoms with E-state index in [0.717, 1.165) is 5.56 Å². The van der Waals surface area contributed by atoms with Crippen LogP contribution in [-0.4, -0.2) is 23.5 Å². The van der Waals surface area contributed by atoms with Gasteiger partial charge in [-0.3, -0.25) is 9.59 Å². The van der Waals surface area contributed by atoms with Gasteiger partial charge in [-0.25, -0.2) is 0 Å². The van der Waals surface area contributed by atoms with E-state index in [9.17, 15) is 9.59 Å². The van der Waals surface area contributed by atoms with Gasteiger partial charge >= 0.3 is 5.97 Å². The molecule has 1 N–H and O–H groups in total. The summed E-state index contributed by atoms with van der Waals surface area (Å²) in [5.41, 5.74) is 1.37. The molecule has 0 fully saturated rings. The molecular weight excluding hydrogens is 387 g/mol. The van der Waals surface area contributed by atoms with Gasteiger partial charge in [-0.05, 0) is 30.9 Å². The maximum absolute atomic E-state index is 12.0. The molecule has 1 aliphatic carbocycles. The first-order chi connectivity index (χ1) is 12.9. The molecule has 0 heterocycles. The predicted octanol–water partition coefficient (Wildman–Crippen LogP) is 5.69. The lowest BCUT2D eigenvalue weighted by Crippen LogP contribution is -2.04. The van der Waals surface area contributed by atoms with Crippen molar-refractivity contribution in [3.05, 3.63) is 63.6 Å². The van der Waals surface area contributed by atoms with Crippen LogP contribution in [0.15, 0.2) is 42.5 Å². The Morgan fingerprint density at radius 2 is 1.70 bits per heavy atom. The molecule has 2 aromatic rings. The zero-order chi connectivity index (χ0) is 19.8. The van der Waals surface area contributed by atoms with E-state index in [4.69, 9.17) is 33.0 Å². The van der Waals surface area contributed by atoms with Gasteiger partial charge < -0.3 is 9.84 Å². The van der Waals surface area contributed by atoms with Crippen LogP contribution in [-0.2, 0) is 11.2 Å². The van der Waals surface area contributed by atoms with Crippen molar-refractivity contribution in [3.63, 3.8) is 0 Å². The fourth-order valence-electron chi connectivity index (χ4n) is 2.80. The highest BCUT2D eigenvalue weighted by Crippen LogP contribution is 2.42. The van der Waals surface area contributed by atoms with Gasteiger partial charge in [0.25, 0.3) is 0 Å². The highest BCUT2D eigenvalue weighted by Gasteiger charge is 2.31. The van der Waals surface area contributed by atoms with Crippen molar-refractivity contribution in [1.29, 1.82) is 0 Å². The summed E-state index contributed by atoms with van der Waals surface area (Å²) in [4.78, 5) is 22.4. The molecule has 2 aromatic carbocycles. The zero-order valence-electron chi connectivity index (χ0n) is 15.1. The van der Waals surface area contributed by atoms with Crippen molar-refractivity contribution in [2.24, 2.45) is 5.92 Å². The van der Waals surface area contributed by atoms with Crippen LogP contribution in [0.2, 0.25) is 10.0 Å². The lowest BCUT2D eigenvalue weighted by atomic mass is 10.1. The van der Waals surface area contributed by atoms with Crippen molar-refractivity contribution in [2.45, 2.75) is 32.6 Å². The average Bonchev–Trinajstić information content (AvgIpc) is 2.94. The van der Waals surface area contributed by atoms with Gasteiger partial charge in [0.15, 0.2) is 5.78 Å². The number of hydrogen-bond donors (Lipinski definition) is 1. The summed E-state index contributed by atoms with van der Waals surface area (Å²) in [5, 5.41) is 9.05. The number of hydrogen-bond acceptors (Lipinski definition) is 3. The Labute approximate surface area is 169 Å². The Morgan fingerprint density at radius 1 is 1.11 bits per heavy atom. The Kier molecular flexibility index (Phi) is 8.14. The minimum absolute atomic E-state index is 0.0184.